The summed E-state index contributed by atoms with van der Waals surface area (Å²) in [6.45, 7) is 4.32. The topological polar surface area (TPSA) is 12.9 Å². The van der Waals surface area contributed by atoms with Crippen molar-refractivity contribution < 1.29 is 0 Å². The third kappa shape index (κ3) is 1.67. The highest BCUT2D eigenvalue weighted by Gasteiger charge is 2.04. The first-order valence-corrected chi connectivity index (χ1v) is 5.53. The zero-order chi connectivity index (χ0) is 10.1. The van der Waals surface area contributed by atoms with Gasteiger partial charge in [0.25, 0.3) is 0 Å². The van der Waals surface area contributed by atoms with Crippen LogP contribution in [0.5, 0.6) is 0 Å². The summed E-state index contributed by atoms with van der Waals surface area (Å²) in [5, 5.41) is 1.18. The van der Waals surface area contributed by atoms with Crippen molar-refractivity contribution in [2.24, 2.45) is 0 Å². The Morgan fingerprint density at radius 1 is 1.14 bits per heavy atom. The van der Waals surface area contributed by atoms with Gasteiger partial charge < -0.3 is 0 Å². The maximum atomic E-state index is 4.63. The van der Waals surface area contributed by atoms with Gasteiger partial charge in [0.1, 0.15) is 0 Å². The van der Waals surface area contributed by atoms with Crippen LogP contribution in [0.2, 0.25) is 0 Å². The molecule has 14 heavy (non-hydrogen) atoms. The predicted octanol–water partition coefficient (Wildman–Crippen LogP) is 4.12. The van der Waals surface area contributed by atoms with E-state index in [0.29, 0.717) is 5.92 Å². The molecule has 2 aromatic rings. The molecule has 0 aliphatic rings. The largest absolute Gasteiger partial charge is 0.251 e. The molecule has 1 heterocycles. The first kappa shape index (κ1) is 9.66. The Hall–Kier alpha value is -0.890. The highest BCUT2D eigenvalue weighted by atomic mass is 79.9. The van der Waals surface area contributed by atoms with Gasteiger partial charge in [0.15, 0.2) is 0 Å². The van der Waals surface area contributed by atoms with Gasteiger partial charge in [-0.05, 0) is 34.0 Å². The van der Waals surface area contributed by atoms with E-state index in [9.17, 15) is 0 Å². The Kier molecular flexibility index (Phi) is 2.55. The predicted molar refractivity (Wildman–Crippen MR) is 63.5 cm³/mol. The monoisotopic (exact) mass is 249 g/mol. The van der Waals surface area contributed by atoms with Crippen molar-refractivity contribution in [2.75, 3.05) is 0 Å². The summed E-state index contributed by atoms with van der Waals surface area (Å²) >= 11 is 3.52. The number of benzene rings is 1. The maximum absolute atomic E-state index is 4.63. The molecule has 2 rings (SSSR count). The summed E-state index contributed by atoms with van der Waals surface area (Å²) < 4.78 is 1.07. The lowest BCUT2D eigenvalue weighted by Crippen LogP contribution is -1.92. The molecule has 0 aliphatic carbocycles. The molecular formula is C12H12BrN. The summed E-state index contributed by atoms with van der Waals surface area (Å²) in [4.78, 5) is 4.63. The summed E-state index contributed by atoms with van der Waals surface area (Å²) in [7, 11) is 0. The molecule has 0 fully saturated rings. The van der Waals surface area contributed by atoms with Crippen LogP contribution in [-0.2, 0) is 0 Å². The van der Waals surface area contributed by atoms with Gasteiger partial charge in [-0.3, -0.25) is 4.98 Å². The van der Waals surface area contributed by atoms with Gasteiger partial charge in [-0.15, -0.1) is 0 Å². The van der Waals surface area contributed by atoms with Gasteiger partial charge in [-0.25, -0.2) is 0 Å². The molecule has 0 aliphatic heterocycles. The van der Waals surface area contributed by atoms with E-state index in [0.717, 1.165) is 15.7 Å². The molecule has 0 saturated heterocycles. The van der Waals surface area contributed by atoms with Crippen LogP contribution in [0.4, 0.5) is 0 Å². The summed E-state index contributed by atoms with van der Waals surface area (Å²) in [6, 6.07) is 10.4. The molecule has 0 radical (unpaired) electrons. The van der Waals surface area contributed by atoms with Crippen LogP contribution in [0.25, 0.3) is 10.9 Å². The van der Waals surface area contributed by atoms with Crippen LogP contribution < -0.4 is 0 Å². The van der Waals surface area contributed by atoms with Gasteiger partial charge in [0.2, 0.25) is 0 Å². The number of fused-ring (bicyclic) bond motifs is 1. The van der Waals surface area contributed by atoms with Crippen molar-refractivity contribution in [1.82, 2.24) is 4.98 Å². The SMILES string of the molecule is CC(C)c1ccc2cccc(Br)c2n1. The van der Waals surface area contributed by atoms with E-state index in [1.165, 1.54) is 5.39 Å². The lowest BCUT2D eigenvalue weighted by Gasteiger charge is -2.06. The van der Waals surface area contributed by atoms with Crippen LogP contribution in [0.3, 0.4) is 0 Å². The molecule has 0 bridgehead atoms. The van der Waals surface area contributed by atoms with Crippen LogP contribution in [-0.4, -0.2) is 4.98 Å². The zero-order valence-electron chi connectivity index (χ0n) is 8.29. The van der Waals surface area contributed by atoms with E-state index in [1.807, 2.05) is 12.1 Å². The number of halogens is 1. The Morgan fingerprint density at radius 2 is 1.93 bits per heavy atom. The molecule has 0 amide bonds. The highest BCUT2D eigenvalue weighted by Crippen LogP contribution is 2.24. The van der Waals surface area contributed by atoms with Crippen molar-refractivity contribution in [2.45, 2.75) is 19.8 Å². The molecule has 0 spiro atoms. The quantitative estimate of drug-likeness (QED) is 0.741. The lowest BCUT2D eigenvalue weighted by atomic mass is 10.1. The molecule has 2 heteroatoms. The van der Waals surface area contributed by atoms with E-state index in [1.54, 1.807) is 0 Å². The molecule has 72 valence electrons. The van der Waals surface area contributed by atoms with Crippen molar-refractivity contribution in [3.05, 3.63) is 40.5 Å². The van der Waals surface area contributed by atoms with Gasteiger partial charge >= 0.3 is 0 Å². The molecule has 0 saturated carbocycles. The van der Waals surface area contributed by atoms with Crippen molar-refractivity contribution >= 4 is 26.8 Å². The molecular weight excluding hydrogens is 238 g/mol. The molecule has 1 aromatic carbocycles. The summed E-state index contributed by atoms with van der Waals surface area (Å²) in [5.41, 5.74) is 2.20. The lowest BCUT2D eigenvalue weighted by molar-refractivity contribution is 0.830. The van der Waals surface area contributed by atoms with Gasteiger partial charge in [0.05, 0.1) is 5.52 Å². The second kappa shape index (κ2) is 3.70. The maximum Gasteiger partial charge on any atom is 0.0847 e. The average molecular weight is 250 g/mol. The Bertz CT molecular complexity index is 463. The minimum atomic E-state index is 0.478. The average Bonchev–Trinajstić information content (AvgIpc) is 2.18. The number of nitrogens with zero attached hydrogens (tertiary/aromatic N) is 1. The third-order valence-corrected chi connectivity index (χ3v) is 2.92. The van der Waals surface area contributed by atoms with Crippen LogP contribution in [0.1, 0.15) is 25.5 Å². The van der Waals surface area contributed by atoms with Gasteiger partial charge in [0, 0.05) is 15.6 Å². The molecule has 1 nitrogen and oxygen atoms in total. The number of hydrogen-bond acceptors (Lipinski definition) is 1. The van der Waals surface area contributed by atoms with E-state index in [4.69, 9.17) is 0 Å². The van der Waals surface area contributed by atoms with E-state index < -0.39 is 0 Å². The minimum Gasteiger partial charge on any atom is -0.251 e. The number of rotatable bonds is 1. The normalized spacial score (nSPS) is 11.1. The van der Waals surface area contributed by atoms with Gasteiger partial charge in [-0.1, -0.05) is 32.0 Å². The van der Waals surface area contributed by atoms with Crippen molar-refractivity contribution in [1.29, 1.82) is 0 Å². The Labute approximate surface area is 92.3 Å². The summed E-state index contributed by atoms with van der Waals surface area (Å²) in [5.74, 6) is 0.478. The second-order valence-electron chi connectivity index (χ2n) is 3.70. The first-order chi connectivity index (χ1) is 6.68. The number of para-hydroxylation sites is 1. The zero-order valence-corrected chi connectivity index (χ0v) is 9.88. The number of aromatic nitrogens is 1. The third-order valence-electron chi connectivity index (χ3n) is 2.28. The summed E-state index contributed by atoms with van der Waals surface area (Å²) in [6.07, 6.45) is 0. The Morgan fingerprint density at radius 3 is 2.64 bits per heavy atom. The molecule has 0 atom stereocenters. The van der Waals surface area contributed by atoms with E-state index in [2.05, 4.69) is 53.0 Å². The van der Waals surface area contributed by atoms with Gasteiger partial charge in [-0.2, -0.15) is 0 Å². The van der Waals surface area contributed by atoms with Crippen molar-refractivity contribution in [3.63, 3.8) is 0 Å². The van der Waals surface area contributed by atoms with Crippen LogP contribution in [0.15, 0.2) is 34.8 Å². The smallest absolute Gasteiger partial charge is 0.0847 e. The highest BCUT2D eigenvalue weighted by molar-refractivity contribution is 9.10. The second-order valence-corrected chi connectivity index (χ2v) is 4.56. The Balaban J connectivity index is 2.70. The fourth-order valence-corrected chi connectivity index (χ4v) is 1.92. The first-order valence-electron chi connectivity index (χ1n) is 4.73. The fraction of sp³-hybridized carbons (Fsp3) is 0.250. The molecule has 0 unspecified atom stereocenters. The molecule has 0 N–H and O–H groups in total. The van der Waals surface area contributed by atoms with E-state index >= 15 is 0 Å². The number of pyridine rings is 1. The van der Waals surface area contributed by atoms with Crippen LogP contribution >= 0.6 is 15.9 Å². The fourth-order valence-electron chi connectivity index (χ4n) is 1.45. The number of hydrogen-bond donors (Lipinski definition) is 0. The molecule has 1 aromatic heterocycles. The van der Waals surface area contributed by atoms with E-state index in [-0.39, 0.29) is 0 Å². The van der Waals surface area contributed by atoms with Crippen LogP contribution in [0, 0.1) is 0 Å². The standard InChI is InChI=1S/C12H12BrN/c1-8(2)11-7-6-9-4-3-5-10(13)12(9)14-11/h3-8H,1-2H3. The van der Waals surface area contributed by atoms with Crippen molar-refractivity contribution in [3.8, 4) is 0 Å². The minimum absolute atomic E-state index is 0.478.